The van der Waals surface area contributed by atoms with Crippen molar-refractivity contribution in [2.45, 2.75) is 32.4 Å². The summed E-state index contributed by atoms with van der Waals surface area (Å²) >= 11 is 5.81. The third kappa shape index (κ3) is 1.95. The lowest BCUT2D eigenvalue weighted by molar-refractivity contribution is -0.0511. The molecular formula is C11H16ClN3O. The van der Waals surface area contributed by atoms with Crippen LogP contribution in [-0.4, -0.2) is 22.2 Å². The van der Waals surface area contributed by atoms with Gasteiger partial charge in [0.05, 0.1) is 6.10 Å². The van der Waals surface area contributed by atoms with Crippen molar-refractivity contribution in [1.29, 1.82) is 0 Å². The van der Waals surface area contributed by atoms with Crippen LogP contribution in [0.4, 0.5) is 11.5 Å². The number of pyridine rings is 1. The van der Waals surface area contributed by atoms with Crippen LogP contribution in [0.5, 0.6) is 0 Å². The highest BCUT2D eigenvalue weighted by atomic mass is 35.5. The highest BCUT2D eigenvalue weighted by Gasteiger charge is 2.47. The maximum atomic E-state index is 9.62. The molecule has 16 heavy (non-hydrogen) atoms. The van der Waals surface area contributed by atoms with Gasteiger partial charge in [-0.2, -0.15) is 0 Å². The van der Waals surface area contributed by atoms with Gasteiger partial charge in [-0.05, 0) is 12.5 Å². The van der Waals surface area contributed by atoms with Gasteiger partial charge in [0.2, 0.25) is 0 Å². The van der Waals surface area contributed by atoms with Gasteiger partial charge in [-0.25, -0.2) is 4.98 Å². The molecule has 0 aromatic carbocycles. The van der Waals surface area contributed by atoms with E-state index in [9.17, 15) is 5.11 Å². The summed E-state index contributed by atoms with van der Waals surface area (Å²) in [4.78, 5) is 4.14. The van der Waals surface area contributed by atoms with Crippen LogP contribution in [0.2, 0.25) is 5.15 Å². The van der Waals surface area contributed by atoms with Crippen molar-refractivity contribution < 1.29 is 5.11 Å². The zero-order valence-electron chi connectivity index (χ0n) is 9.37. The van der Waals surface area contributed by atoms with Crippen LogP contribution in [0.3, 0.4) is 0 Å². The van der Waals surface area contributed by atoms with Crippen LogP contribution in [-0.2, 0) is 0 Å². The van der Waals surface area contributed by atoms with Crippen LogP contribution < -0.4 is 11.1 Å². The third-order valence-electron chi connectivity index (χ3n) is 3.35. The number of nitrogens with two attached hydrogens (primary N) is 1. The predicted molar refractivity (Wildman–Crippen MR) is 65.5 cm³/mol. The van der Waals surface area contributed by atoms with E-state index in [1.165, 1.54) is 0 Å². The molecule has 4 N–H and O–H groups in total. The predicted octanol–water partition coefficient (Wildman–Crippen LogP) is 1.89. The van der Waals surface area contributed by atoms with Gasteiger partial charge in [-0.15, -0.1) is 0 Å². The van der Waals surface area contributed by atoms with Crippen molar-refractivity contribution in [2.24, 2.45) is 5.41 Å². The number of hydrogen-bond acceptors (Lipinski definition) is 4. The zero-order chi connectivity index (χ0) is 11.9. The molecule has 2 unspecified atom stereocenters. The fourth-order valence-corrected chi connectivity index (χ4v) is 2.13. The Morgan fingerprint density at radius 3 is 2.75 bits per heavy atom. The Labute approximate surface area is 99.8 Å². The highest BCUT2D eigenvalue weighted by molar-refractivity contribution is 6.29. The summed E-state index contributed by atoms with van der Waals surface area (Å²) in [6.45, 7) is 4.04. The van der Waals surface area contributed by atoms with Crippen molar-refractivity contribution in [3.8, 4) is 0 Å². The maximum absolute atomic E-state index is 9.62. The Morgan fingerprint density at radius 2 is 2.25 bits per heavy atom. The molecule has 1 aromatic heterocycles. The van der Waals surface area contributed by atoms with Crippen LogP contribution in [0.15, 0.2) is 12.1 Å². The molecule has 0 spiro atoms. The average Bonchev–Trinajstić information content (AvgIpc) is 2.15. The largest absolute Gasteiger partial charge is 0.399 e. The fourth-order valence-electron chi connectivity index (χ4n) is 1.92. The first kappa shape index (κ1) is 11.5. The van der Waals surface area contributed by atoms with Crippen LogP contribution in [0.1, 0.15) is 20.3 Å². The summed E-state index contributed by atoms with van der Waals surface area (Å²) in [6.07, 6.45) is 0.461. The summed E-state index contributed by atoms with van der Waals surface area (Å²) in [6, 6.07) is 3.55. The van der Waals surface area contributed by atoms with E-state index in [0.717, 1.165) is 6.42 Å². The van der Waals surface area contributed by atoms with E-state index in [4.69, 9.17) is 17.3 Å². The Hall–Kier alpha value is -1.00. The minimum absolute atomic E-state index is 0.140. The van der Waals surface area contributed by atoms with Crippen LogP contribution in [0, 0.1) is 5.41 Å². The molecule has 4 nitrogen and oxygen atoms in total. The van der Waals surface area contributed by atoms with Gasteiger partial charge in [0.1, 0.15) is 11.0 Å². The Kier molecular flexibility index (Phi) is 2.72. The summed E-state index contributed by atoms with van der Waals surface area (Å²) < 4.78 is 0. The lowest BCUT2D eigenvalue weighted by Gasteiger charge is -2.49. The van der Waals surface area contributed by atoms with E-state index in [1.807, 2.05) is 13.8 Å². The number of nitrogen functional groups attached to an aromatic ring is 1. The van der Waals surface area contributed by atoms with Gasteiger partial charge in [0, 0.05) is 23.2 Å². The number of hydrogen-bond donors (Lipinski definition) is 3. The molecular weight excluding hydrogens is 226 g/mol. The molecule has 0 bridgehead atoms. The number of rotatable bonds is 2. The minimum atomic E-state index is -0.262. The van der Waals surface area contributed by atoms with E-state index in [-0.39, 0.29) is 17.6 Å². The number of nitrogens with one attached hydrogen (secondary N) is 1. The van der Waals surface area contributed by atoms with E-state index in [0.29, 0.717) is 16.7 Å². The van der Waals surface area contributed by atoms with Gasteiger partial charge in [-0.1, -0.05) is 25.4 Å². The number of aromatic nitrogens is 1. The molecule has 1 saturated carbocycles. The Morgan fingerprint density at radius 1 is 1.56 bits per heavy atom. The van der Waals surface area contributed by atoms with Crippen molar-refractivity contribution >= 4 is 23.1 Å². The average molecular weight is 242 g/mol. The number of halogens is 1. The molecule has 1 aliphatic rings. The summed E-state index contributed by atoms with van der Waals surface area (Å²) in [5.41, 5.74) is 6.12. The van der Waals surface area contributed by atoms with Crippen LogP contribution >= 0.6 is 11.6 Å². The first-order valence-electron chi connectivity index (χ1n) is 5.27. The second-order valence-corrected chi connectivity index (χ2v) is 5.27. The molecule has 0 radical (unpaired) electrons. The molecule has 0 amide bonds. The first-order valence-corrected chi connectivity index (χ1v) is 5.65. The molecule has 2 atom stereocenters. The van der Waals surface area contributed by atoms with Gasteiger partial charge in [0.25, 0.3) is 0 Å². The van der Waals surface area contributed by atoms with Crippen molar-refractivity contribution in [3.63, 3.8) is 0 Å². The fraction of sp³-hybridized carbons (Fsp3) is 0.545. The van der Waals surface area contributed by atoms with E-state index < -0.39 is 0 Å². The van der Waals surface area contributed by atoms with Crippen molar-refractivity contribution in [1.82, 2.24) is 4.98 Å². The van der Waals surface area contributed by atoms with Gasteiger partial charge in [0.15, 0.2) is 0 Å². The van der Waals surface area contributed by atoms with E-state index >= 15 is 0 Å². The van der Waals surface area contributed by atoms with Gasteiger partial charge in [-0.3, -0.25) is 0 Å². The molecule has 2 rings (SSSR count). The Bertz CT molecular complexity index is 388. The number of nitrogens with zero attached hydrogens (tertiary/aromatic N) is 1. The number of anilines is 2. The third-order valence-corrected chi connectivity index (χ3v) is 3.55. The standard InChI is InChI=1S/C11H16ClN3O/c1-11(2)7(5-8(11)16)14-10-4-6(13)3-9(12)15-10/h3-4,7-8,16H,5H2,1-2H3,(H3,13,14,15). The molecule has 1 heterocycles. The van der Waals surface area contributed by atoms with Crippen molar-refractivity contribution in [2.75, 3.05) is 11.1 Å². The molecule has 0 saturated heterocycles. The number of aliphatic hydroxyl groups is 1. The van der Waals surface area contributed by atoms with Gasteiger partial charge < -0.3 is 16.2 Å². The maximum Gasteiger partial charge on any atom is 0.133 e. The molecule has 1 aliphatic carbocycles. The van der Waals surface area contributed by atoms with Crippen LogP contribution in [0.25, 0.3) is 0 Å². The smallest absolute Gasteiger partial charge is 0.133 e. The quantitative estimate of drug-likeness (QED) is 0.692. The summed E-state index contributed by atoms with van der Waals surface area (Å²) in [5, 5.41) is 13.2. The second kappa shape index (κ2) is 3.79. The topological polar surface area (TPSA) is 71.2 Å². The molecule has 1 fully saturated rings. The van der Waals surface area contributed by atoms with Gasteiger partial charge >= 0.3 is 0 Å². The Balaban J connectivity index is 2.11. The van der Waals surface area contributed by atoms with E-state index in [1.54, 1.807) is 12.1 Å². The summed E-state index contributed by atoms with van der Waals surface area (Å²) in [7, 11) is 0. The second-order valence-electron chi connectivity index (χ2n) is 4.88. The van der Waals surface area contributed by atoms with E-state index in [2.05, 4.69) is 10.3 Å². The normalized spacial score (nSPS) is 27.2. The molecule has 0 aliphatic heterocycles. The first-order chi connectivity index (χ1) is 7.39. The molecule has 5 heteroatoms. The SMILES string of the molecule is CC1(C)C(O)CC1Nc1cc(N)cc(Cl)n1. The monoisotopic (exact) mass is 241 g/mol. The molecule has 1 aromatic rings. The number of aliphatic hydroxyl groups excluding tert-OH is 1. The zero-order valence-corrected chi connectivity index (χ0v) is 10.1. The summed E-state index contributed by atoms with van der Waals surface area (Å²) in [5.74, 6) is 0.662. The highest BCUT2D eigenvalue weighted by Crippen LogP contribution is 2.42. The van der Waals surface area contributed by atoms with Crippen molar-refractivity contribution in [3.05, 3.63) is 17.3 Å². The molecule has 88 valence electrons. The minimum Gasteiger partial charge on any atom is -0.399 e. The lowest BCUT2D eigenvalue weighted by Crippen LogP contribution is -2.57. The lowest BCUT2D eigenvalue weighted by atomic mass is 9.64.